The number of urea groups is 1. The number of carbonyl (C=O) groups excluding carboxylic acids is 2. The lowest BCUT2D eigenvalue weighted by atomic mass is 10.1. The molecule has 1 heterocycles. The van der Waals surface area contributed by atoms with Gasteiger partial charge in [0.2, 0.25) is 0 Å². The van der Waals surface area contributed by atoms with E-state index in [0.29, 0.717) is 51.2 Å². The number of benzene rings is 4. The van der Waals surface area contributed by atoms with Gasteiger partial charge in [-0.05, 0) is 79.2 Å². The van der Waals surface area contributed by atoms with E-state index in [2.05, 4.69) is 32.8 Å². The molecule has 12 heteroatoms. The van der Waals surface area contributed by atoms with Gasteiger partial charge < -0.3 is 21.7 Å². The summed E-state index contributed by atoms with van der Waals surface area (Å²) in [4.78, 5) is 29.6. The third-order valence-electron chi connectivity index (χ3n) is 6.65. The number of nitrogens with zero attached hydrogens (tertiary/aromatic N) is 1. The zero-order valence-electron chi connectivity index (χ0n) is 23.3. The van der Waals surface area contributed by atoms with Gasteiger partial charge >= 0.3 is 12.2 Å². The summed E-state index contributed by atoms with van der Waals surface area (Å²) >= 11 is 6.15. The molecule has 226 valence electrons. The molecule has 5 rings (SSSR count). The van der Waals surface area contributed by atoms with E-state index in [0.717, 1.165) is 10.8 Å². The van der Waals surface area contributed by atoms with E-state index in [4.69, 9.17) is 17.3 Å². The van der Waals surface area contributed by atoms with Crippen LogP contribution in [0.3, 0.4) is 0 Å². The van der Waals surface area contributed by atoms with Crippen molar-refractivity contribution in [2.24, 2.45) is 0 Å². The van der Waals surface area contributed by atoms with Crippen molar-refractivity contribution < 1.29 is 27.2 Å². The van der Waals surface area contributed by atoms with Crippen LogP contribution in [0, 0.1) is 24.6 Å². The summed E-state index contributed by atoms with van der Waals surface area (Å²) in [5.74, 6) is 4.85. The molecule has 0 fully saturated rings. The summed E-state index contributed by atoms with van der Waals surface area (Å²) < 4.78 is 53.0. The van der Waals surface area contributed by atoms with Gasteiger partial charge in [-0.3, -0.25) is 4.79 Å². The molecule has 0 saturated carbocycles. The highest BCUT2D eigenvalue weighted by Crippen LogP contribution is 2.32. The number of carbonyl (C=O) groups is 2. The van der Waals surface area contributed by atoms with Crippen molar-refractivity contribution in [3.63, 3.8) is 0 Å². The van der Waals surface area contributed by atoms with Gasteiger partial charge in [0.15, 0.2) is 0 Å². The van der Waals surface area contributed by atoms with E-state index in [9.17, 15) is 27.2 Å². The number of nitrogens with one attached hydrogen (secondary N) is 3. The van der Waals surface area contributed by atoms with Crippen LogP contribution >= 0.6 is 11.6 Å². The zero-order chi connectivity index (χ0) is 32.3. The number of hydrogen-bond acceptors (Lipinski definition) is 4. The maximum atomic E-state index is 14.0. The highest BCUT2D eigenvalue weighted by atomic mass is 35.5. The van der Waals surface area contributed by atoms with Gasteiger partial charge in [0.05, 0.1) is 16.8 Å². The van der Waals surface area contributed by atoms with Crippen LogP contribution in [0.1, 0.15) is 32.6 Å². The summed E-state index contributed by atoms with van der Waals surface area (Å²) in [5.41, 5.74) is 7.03. The van der Waals surface area contributed by atoms with Gasteiger partial charge in [-0.25, -0.2) is 14.2 Å². The predicted molar refractivity (Wildman–Crippen MR) is 167 cm³/mol. The molecule has 5 N–H and O–H groups in total. The number of anilines is 4. The fraction of sp³-hybridized carbons (Fsp3) is 0.0606. The Morgan fingerprint density at radius 2 is 1.62 bits per heavy atom. The largest absolute Gasteiger partial charge is 0.416 e. The molecule has 3 amide bonds. The molecule has 0 aliphatic rings. The summed E-state index contributed by atoms with van der Waals surface area (Å²) in [6.07, 6.45) is -3.07. The minimum atomic E-state index is -4.71. The molecule has 5 aromatic rings. The van der Waals surface area contributed by atoms with Crippen LogP contribution in [0.5, 0.6) is 0 Å². The molecule has 0 aliphatic carbocycles. The zero-order valence-corrected chi connectivity index (χ0v) is 24.1. The number of halogens is 5. The molecule has 7 nitrogen and oxygen atoms in total. The molecule has 1 aromatic heterocycles. The van der Waals surface area contributed by atoms with Gasteiger partial charge in [0.1, 0.15) is 11.6 Å². The van der Waals surface area contributed by atoms with E-state index in [-0.39, 0.29) is 11.5 Å². The topological polar surface area (TPSA) is 109 Å². The Balaban J connectivity index is 1.27. The number of nitrogen functional groups attached to an aromatic ring is 1. The molecule has 0 unspecified atom stereocenters. The average molecular weight is 632 g/mol. The minimum absolute atomic E-state index is 0.204. The van der Waals surface area contributed by atoms with Crippen LogP contribution < -0.4 is 21.7 Å². The second kappa shape index (κ2) is 12.6. The van der Waals surface area contributed by atoms with Crippen molar-refractivity contribution in [2.45, 2.75) is 13.1 Å². The first-order valence-corrected chi connectivity index (χ1v) is 13.6. The van der Waals surface area contributed by atoms with Gasteiger partial charge in [0.25, 0.3) is 5.91 Å². The number of aromatic nitrogens is 1. The van der Waals surface area contributed by atoms with Crippen LogP contribution in [0.2, 0.25) is 5.02 Å². The third kappa shape index (κ3) is 7.31. The Labute approximate surface area is 259 Å². The van der Waals surface area contributed by atoms with Crippen molar-refractivity contribution >= 4 is 57.2 Å². The van der Waals surface area contributed by atoms with E-state index in [1.807, 2.05) is 6.07 Å². The molecule has 4 aromatic carbocycles. The Morgan fingerprint density at radius 1 is 0.867 bits per heavy atom. The summed E-state index contributed by atoms with van der Waals surface area (Å²) in [6.45, 7) is 1.73. The maximum Gasteiger partial charge on any atom is 0.416 e. The number of hydrogen-bond donors (Lipinski definition) is 4. The molecule has 0 saturated heterocycles. The van der Waals surface area contributed by atoms with E-state index in [1.54, 1.807) is 55.6 Å². The molecule has 0 spiro atoms. The van der Waals surface area contributed by atoms with Gasteiger partial charge in [-0.2, -0.15) is 13.2 Å². The predicted octanol–water partition coefficient (Wildman–Crippen LogP) is 8.23. The molecule has 0 bridgehead atoms. The van der Waals surface area contributed by atoms with Gasteiger partial charge in [0, 0.05) is 44.5 Å². The highest BCUT2D eigenvalue weighted by Gasteiger charge is 2.31. The molecular weight excluding hydrogens is 610 g/mol. The van der Waals surface area contributed by atoms with E-state index < -0.39 is 35.2 Å². The molecule has 0 aliphatic heterocycles. The van der Waals surface area contributed by atoms with Crippen LogP contribution in [0.25, 0.3) is 10.8 Å². The van der Waals surface area contributed by atoms with Crippen molar-refractivity contribution in [1.82, 2.24) is 4.98 Å². The Morgan fingerprint density at radius 3 is 2.36 bits per heavy atom. The lowest BCUT2D eigenvalue weighted by molar-refractivity contribution is -0.137. The number of amides is 3. The monoisotopic (exact) mass is 631 g/mol. The Hall–Kier alpha value is -5.60. The normalized spacial score (nSPS) is 11.0. The lowest BCUT2D eigenvalue weighted by Gasteiger charge is -2.14. The summed E-state index contributed by atoms with van der Waals surface area (Å²) in [7, 11) is 0. The number of nitrogens with two attached hydrogens (primary N) is 1. The standard InChI is InChI=1S/C33H22ClF4N5O2/c1-18-2-11-24(41-32(45)43-29-14-22(33(36,37)38)9-13-27(29)35)16-28(18)42-31(44)20-6-3-19(4-7-20)5-12-25-26-15-23(34)10-8-21(26)17-40-30(25)39/h2-4,6-11,13-17H,1H3,(H2,39,40)(H,42,44)(H2,41,43,45). The SMILES string of the molecule is Cc1ccc(NC(=O)Nc2cc(C(F)(F)F)ccc2F)cc1NC(=O)c1ccc(C#Cc2c(N)ncc3ccc(Cl)cc23)cc1. The van der Waals surface area contributed by atoms with Crippen LogP contribution in [-0.2, 0) is 6.18 Å². The third-order valence-corrected chi connectivity index (χ3v) is 6.88. The van der Waals surface area contributed by atoms with Gasteiger partial charge in [-0.15, -0.1) is 0 Å². The van der Waals surface area contributed by atoms with Crippen molar-refractivity contribution in [2.75, 3.05) is 21.7 Å². The second-order valence-corrected chi connectivity index (χ2v) is 10.3. The number of aryl methyl sites for hydroxylation is 1. The minimum Gasteiger partial charge on any atom is -0.383 e. The van der Waals surface area contributed by atoms with E-state index in [1.165, 1.54) is 12.1 Å². The number of alkyl halides is 3. The number of pyridine rings is 1. The second-order valence-electron chi connectivity index (χ2n) is 9.83. The lowest BCUT2D eigenvalue weighted by Crippen LogP contribution is -2.21. The first-order chi connectivity index (χ1) is 21.4. The number of fused-ring (bicyclic) bond motifs is 1. The first-order valence-electron chi connectivity index (χ1n) is 13.2. The molecular formula is C33H22ClF4N5O2. The molecule has 45 heavy (non-hydrogen) atoms. The van der Waals surface area contributed by atoms with Crippen molar-refractivity contribution in [3.05, 3.63) is 124 Å². The quantitative estimate of drug-likeness (QED) is 0.118. The van der Waals surface area contributed by atoms with Crippen LogP contribution in [-0.4, -0.2) is 16.9 Å². The van der Waals surface area contributed by atoms with E-state index >= 15 is 0 Å². The Bertz CT molecular complexity index is 2010. The molecule has 0 atom stereocenters. The smallest absolute Gasteiger partial charge is 0.383 e. The summed E-state index contributed by atoms with van der Waals surface area (Å²) in [5, 5.41) is 9.41. The first kappa shape index (κ1) is 30.8. The van der Waals surface area contributed by atoms with Crippen molar-refractivity contribution in [1.29, 1.82) is 0 Å². The fourth-order valence-corrected chi connectivity index (χ4v) is 4.45. The maximum absolute atomic E-state index is 14.0. The fourth-order valence-electron chi connectivity index (χ4n) is 4.28. The van der Waals surface area contributed by atoms with Crippen molar-refractivity contribution in [3.8, 4) is 11.8 Å². The summed E-state index contributed by atoms with van der Waals surface area (Å²) in [6, 6.07) is 17.2. The van der Waals surface area contributed by atoms with Crippen LogP contribution in [0.4, 0.5) is 45.2 Å². The number of rotatable bonds is 4. The molecule has 0 radical (unpaired) electrons. The highest BCUT2D eigenvalue weighted by molar-refractivity contribution is 6.31. The Kier molecular flexibility index (Phi) is 8.61. The average Bonchev–Trinajstić information content (AvgIpc) is 2.99. The van der Waals surface area contributed by atoms with Crippen LogP contribution in [0.15, 0.2) is 85.1 Å². The van der Waals surface area contributed by atoms with Gasteiger partial charge in [-0.1, -0.05) is 35.6 Å².